The van der Waals surface area contributed by atoms with Crippen molar-refractivity contribution in [3.05, 3.63) is 59.9 Å². The van der Waals surface area contributed by atoms with Gasteiger partial charge in [0.25, 0.3) is 5.91 Å². The zero-order chi connectivity index (χ0) is 19.9. The molecule has 2 aromatic rings. The maximum atomic E-state index is 12.4. The molecule has 1 aromatic carbocycles. The van der Waals surface area contributed by atoms with Crippen LogP contribution in [0.25, 0.3) is 0 Å². The molecule has 1 unspecified atom stereocenters. The van der Waals surface area contributed by atoms with Gasteiger partial charge in [-0.25, -0.2) is 4.99 Å². The molecule has 0 bridgehead atoms. The minimum absolute atomic E-state index is 0.0222. The Labute approximate surface area is 171 Å². The van der Waals surface area contributed by atoms with E-state index in [1.165, 1.54) is 6.20 Å². The Balaban J connectivity index is 2.25. The van der Waals surface area contributed by atoms with Crippen molar-refractivity contribution in [1.82, 2.24) is 15.6 Å². The van der Waals surface area contributed by atoms with Crippen LogP contribution in [0.3, 0.4) is 0 Å². The highest BCUT2D eigenvalue weighted by Crippen LogP contribution is 2.31. The number of nitrogens with zero attached hydrogens (tertiary/aromatic N) is 3. The standard InChI is InChI=1S/C17H15Cl3N6O/c1-11-4-6-12(7-5-11)14(27)25-15(17(18,19)20)26-16(23-10-21)24-13-3-2-8-22-9-13/h2-9,15H,1H3,(H,25,27)(H2,23,24,26). The van der Waals surface area contributed by atoms with Crippen molar-refractivity contribution in [3.8, 4) is 6.19 Å². The molecule has 0 aliphatic carbocycles. The molecule has 1 heterocycles. The number of hydrogen-bond donors (Lipinski definition) is 3. The van der Waals surface area contributed by atoms with E-state index in [1.807, 2.05) is 6.92 Å². The predicted octanol–water partition coefficient (Wildman–Crippen LogP) is 3.35. The van der Waals surface area contributed by atoms with Crippen molar-refractivity contribution in [1.29, 1.82) is 5.26 Å². The summed E-state index contributed by atoms with van der Waals surface area (Å²) < 4.78 is -1.96. The van der Waals surface area contributed by atoms with Gasteiger partial charge >= 0.3 is 0 Å². The quantitative estimate of drug-likeness (QED) is 0.229. The van der Waals surface area contributed by atoms with Crippen molar-refractivity contribution in [2.45, 2.75) is 16.9 Å². The first kappa shape index (κ1) is 20.8. The van der Waals surface area contributed by atoms with Crippen molar-refractivity contribution in [2.75, 3.05) is 5.32 Å². The summed E-state index contributed by atoms with van der Waals surface area (Å²) in [4.78, 5) is 20.5. The second-order valence-electron chi connectivity index (χ2n) is 5.36. The number of amides is 1. The fraction of sp³-hybridized carbons (Fsp3) is 0.176. The van der Waals surface area contributed by atoms with Crippen LogP contribution in [0.5, 0.6) is 0 Å². The van der Waals surface area contributed by atoms with Crippen molar-refractivity contribution >= 4 is 52.4 Å². The largest absolute Gasteiger partial charge is 0.327 e. The molecule has 3 N–H and O–H groups in total. The van der Waals surface area contributed by atoms with E-state index in [-0.39, 0.29) is 5.96 Å². The van der Waals surface area contributed by atoms with Gasteiger partial charge in [0.15, 0.2) is 12.4 Å². The average Bonchev–Trinajstić information content (AvgIpc) is 2.62. The molecule has 0 aliphatic rings. The second-order valence-corrected chi connectivity index (χ2v) is 7.73. The van der Waals surface area contributed by atoms with Crippen LogP contribution in [0.2, 0.25) is 0 Å². The Hall–Kier alpha value is -2.53. The lowest BCUT2D eigenvalue weighted by Crippen LogP contribution is -2.44. The van der Waals surface area contributed by atoms with Gasteiger partial charge < -0.3 is 10.6 Å². The molecular weight excluding hydrogens is 411 g/mol. The number of nitriles is 1. The second kappa shape index (κ2) is 9.42. The van der Waals surface area contributed by atoms with E-state index in [2.05, 4.69) is 25.9 Å². The Morgan fingerprint density at radius 3 is 2.52 bits per heavy atom. The lowest BCUT2D eigenvalue weighted by atomic mass is 10.1. The van der Waals surface area contributed by atoms with Gasteiger partial charge in [-0.15, -0.1) is 0 Å². The molecule has 140 valence electrons. The van der Waals surface area contributed by atoms with Gasteiger partial charge in [-0.1, -0.05) is 52.5 Å². The van der Waals surface area contributed by atoms with Gasteiger partial charge in [-0.3, -0.25) is 15.1 Å². The number of anilines is 1. The van der Waals surface area contributed by atoms with Crippen LogP contribution in [0.15, 0.2) is 53.8 Å². The number of hydrogen-bond acceptors (Lipinski definition) is 4. The van der Waals surface area contributed by atoms with E-state index in [4.69, 9.17) is 40.1 Å². The number of alkyl halides is 3. The smallest absolute Gasteiger partial charge is 0.253 e. The molecule has 0 fully saturated rings. The molecule has 1 atom stereocenters. The minimum atomic E-state index is -1.96. The normalized spacial score (nSPS) is 12.6. The number of rotatable bonds is 4. The number of nitrogens with one attached hydrogen (secondary N) is 3. The van der Waals surface area contributed by atoms with E-state index in [0.717, 1.165) is 5.56 Å². The molecule has 2 rings (SSSR count). The van der Waals surface area contributed by atoms with Crippen molar-refractivity contribution in [3.63, 3.8) is 0 Å². The fourth-order valence-electron chi connectivity index (χ4n) is 1.95. The molecule has 27 heavy (non-hydrogen) atoms. The van der Waals surface area contributed by atoms with Crippen molar-refractivity contribution < 1.29 is 4.79 Å². The van der Waals surface area contributed by atoms with Crippen LogP contribution in [0.4, 0.5) is 5.69 Å². The first-order valence-electron chi connectivity index (χ1n) is 7.64. The highest BCUT2D eigenvalue weighted by molar-refractivity contribution is 6.68. The summed E-state index contributed by atoms with van der Waals surface area (Å²) in [5, 5.41) is 16.6. The minimum Gasteiger partial charge on any atom is -0.327 e. The van der Waals surface area contributed by atoms with Gasteiger partial charge in [0, 0.05) is 11.8 Å². The lowest BCUT2D eigenvalue weighted by molar-refractivity contribution is 0.0939. The topological polar surface area (TPSA) is 102 Å². The monoisotopic (exact) mass is 424 g/mol. The van der Waals surface area contributed by atoms with Gasteiger partial charge in [-0.2, -0.15) is 5.26 Å². The summed E-state index contributed by atoms with van der Waals surface area (Å²) in [5.74, 6) is -0.501. The predicted molar refractivity (Wildman–Crippen MR) is 107 cm³/mol. The molecule has 0 radical (unpaired) electrons. The van der Waals surface area contributed by atoms with E-state index < -0.39 is 15.9 Å². The molecule has 7 nitrogen and oxygen atoms in total. The molecule has 0 saturated heterocycles. The fourth-order valence-corrected chi connectivity index (χ4v) is 2.26. The summed E-state index contributed by atoms with van der Waals surface area (Å²) in [5.41, 5.74) is 1.93. The molecule has 0 spiro atoms. The van der Waals surface area contributed by atoms with Gasteiger partial charge in [0.1, 0.15) is 0 Å². The van der Waals surface area contributed by atoms with Crippen LogP contribution >= 0.6 is 34.8 Å². The van der Waals surface area contributed by atoms with E-state index in [0.29, 0.717) is 11.3 Å². The highest BCUT2D eigenvalue weighted by Gasteiger charge is 2.34. The van der Waals surface area contributed by atoms with Crippen LogP contribution in [0, 0.1) is 18.4 Å². The maximum absolute atomic E-state index is 12.4. The third-order valence-corrected chi connectivity index (χ3v) is 3.87. The van der Waals surface area contributed by atoms with Crippen molar-refractivity contribution in [2.24, 2.45) is 4.99 Å². The number of carbonyl (C=O) groups excluding carboxylic acids is 1. The number of benzene rings is 1. The van der Waals surface area contributed by atoms with Crippen LogP contribution in [-0.2, 0) is 0 Å². The van der Waals surface area contributed by atoms with Gasteiger partial charge in [0.05, 0.1) is 11.9 Å². The molecular formula is C17H15Cl3N6O. The molecule has 1 aromatic heterocycles. The Bertz CT molecular complexity index is 844. The highest BCUT2D eigenvalue weighted by atomic mass is 35.6. The molecule has 1 amide bonds. The summed E-state index contributed by atoms with van der Waals surface area (Å²) in [6.45, 7) is 1.90. The summed E-state index contributed by atoms with van der Waals surface area (Å²) in [6, 6.07) is 10.3. The van der Waals surface area contributed by atoms with Gasteiger partial charge in [-0.05, 0) is 31.2 Å². The van der Waals surface area contributed by atoms with Crippen LogP contribution in [0.1, 0.15) is 15.9 Å². The summed E-state index contributed by atoms with van der Waals surface area (Å²) in [6.07, 6.45) is 3.57. The third-order valence-electron chi connectivity index (χ3n) is 3.25. The SMILES string of the molecule is Cc1ccc(C(=O)NC(/N=C(/NC#N)Nc2cccnc2)C(Cl)(Cl)Cl)cc1. The lowest BCUT2D eigenvalue weighted by Gasteiger charge is -2.23. The number of pyridine rings is 1. The molecule has 0 aliphatic heterocycles. The van der Waals surface area contributed by atoms with Crippen LogP contribution < -0.4 is 16.0 Å². The first-order valence-corrected chi connectivity index (χ1v) is 8.77. The number of halogens is 3. The molecule has 10 heteroatoms. The third kappa shape index (κ3) is 6.61. The zero-order valence-electron chi connectivity index (χ0n) is 14.1. The number of aromatic nitrogens is 1. The Morgan fingerprint density at radius 2 is 1.96 bits per heavy atom. The number of carbonyl (C=O) groups is 1. The molecule has 0 saturated carbocycles. The summed E-state index contributed by atoms with van der Waals surface area (Å²) in [7, 11) is 0. The van der Waals surface area contributed by atoms with E-state index in [9.17, 15) is 4.79 Å². The average molecular weight is 426 g/mol. The number of aryl methyl sites for hydroxylation is 1. The Kier molecular flexibility index (Phi) is 7.25. The number of aliphatic imine (C=N–C) groups is 1. The van der Waals surface area contributed by atoms with E-state index in [1.54, 1.807) is 48.8 Å². The van der Waals surface area contributed by atoms with Crippen LogP contribution in [-0.4, -0.2) is 26.8 Å². The number of guanidine groups is 1. The Morgan fingerprint density at radius 1 is 1.26 bits per heavy atom. The first-order chi connectivity index (χ1) is 12.8. The maximum Gasteiger partial charge on any atom is 0.253 e. The van der Waals surface area contributed by atoms with E-state index >= 15 is 0 Å². The zero-order valence-corrected chi connectivity index (χ0v) is 16.3. The van der Waals surface area contributed by atoms with Gasteiger partial charge in [0.2, 0.25) is 9.75 Å². The summed E-state index contributed by atoms with van der Waals surface area (Å²) >= 11 is 17.9.